The van der Waals surface area contributed by atoms with E-state index < -0.39 is 0 Å². The SMILES string of the molecule is C=C(CC)CC(NN)c1ccc2c(c1)CCO2. The minimum absolute atomic E-state index is 0.147. The molecule has 0 aliphatic carbocycles. The Kier molecular flexibility index (Phi) is 3.82. The molecular formula is C14H20N2O. The van der Waals surface area contributed by atoms with Crippen molar-refractivity contribution in [3.05, 3.63) is 41.5 Å². The van der Waals surface area contributed by atoms with Gasteiger partial charge in [0, 0.05) is 12.5 Å². The molecule has 1 aromatic carbocycles. The van der Waals surface area contributed by atoms with Gasteiger partial charge in [0.2, 0.25) is 0 Å². The van der Waals surface area contributed by atoms with Crippen molar-refractivity contribution in [2.75, 3.05) is 6.61 Å². The molecule has 3 N–H and O–H groups in total. The molecule has 0 amide bonds. The van der Waals surface area contributed by atoms with Crippen LogP contribution in [0.15, 0.2) is 30.4 Å². The maximum atomic E-state index is 5.63. The summed E-state index contributed by atoms with van der Waals surface area (Å²) in [6.07, 6.45) is 2.87. The molecule has 1 aromatic rings. The van der Waals surface area contributed by atoms with Crippen LogP contribution < -0.4 is 16.0 Å². The van der Waals surface area contributed by atoms with Crippen LogP contribution in [0.1, 0.15) is 36.9 Å². The van der Waals surface area contributed by atoms with Crippen molar-refractivity contribution >= 4 is 0 Å². The van der Waals surface area contributed by atoms with E-state index >= 15 is 0 Å². The van der Waals surface area contributed by atoms with Crippen molar-refractivity contribution in [1.29, 1.82) is 0 Å². The second kappa shape index (κ2) is 5.34. The third-order valence-electron chi connectivity index (χ3n) is 3.31. The van der Waals surface area contributed by atoms with E-state index in [4.69, 9.17) is 10.6 Å². The van der Waals surface area contributed by atoms with Crippen LogP contribution in [0.3, 0.4) is 0 Å². The summed E-state index contributed by atoms with van der Waals surface area (Å²) < 4.78 is 5.50. The highest BCUT2D eigenvalue weighted by Crippen LogP contribution is 2.30. The van der Waals surface area contributed by atoms with Gasteiger partial charge < -0.3 is 4.74 Å². The molecule has 0 aromatic heterocycles. The fourth-order valence-corrected chi connectivity index (χ4v) is 2.13. The summed E-state index contributed by atoms with van der Waals surface area (Å²) >= 11 is 0. The van der Waals surface area contributed by atoms with Gasteiger partial charge in [-0.25, -0.2) is 0 Å². The van der Waals surface area contributed by atoms with Crippen molar-refractivity contribution in [3.8, 4) is 5.75 Å². The number of hydrogen-bond acceptors (Lipinski definition) is 3. The van der Waals surface area contributed by atoms with Gasteiger partial charge in [-0.2, -0.15) is 0 Å². The summed E-state index contributed by atoms with van der Waals surface area (Å²) in [4.78, 5) is 0. The van der Waals surface area contributed by atoms with E-state index in [1.807, 2.05) is 6.07 Å². The Hall–Kier alpha value is -1.32. The van der Waals surface area contributed by atoms with Crippen molar-refractivity contribution in [2.24, 2.45) is 5.84 Å². The lowest BCUT2D eigenvalue weighted by molar-refractivity contribution is 0.356. The van der Waals surface area contributed by atoms with Crippen LogP contribution in [-0.2, 0) is 6.42 Å². The van der Waals surface area contributed by atoms with Gasteiger partial charge in [-0.05, 0) is 30.0 Å². The highest BCUT2D eigenvalue weighted by Gasteiger charge is 2.16. The predicted molar refractivity (Wildman–Crippen MR) is 69.8 cm³/mol. The fourth-order valence-electron chi connectivity index (χ4n) is 2.13. The lowest BCUT2D eigenvalue weighted by Gasteiger charge is -2.18. The highest BCUT2D eigenvalue weighted by molar-refractivity contribution is 5.41. The minimum atomic E-state index is 0.147. The van der Waals surface area contributed by atoms with E-state index in [9.17, 15) is 0 Å². The Morgan fingerprint density at radius 1 is 1.59 bits per heavy atom. The molecule has 0 spiro atoms. The number of benzene rings is 1. The van der Waals surface area contributed by atoms with Gasteiger partial charge in [0.25, 0.3) is 0 Å². The molecule has 1 atom stereocenters. The number of rotatable bonds is 5. The van der Waals surface area contributed by atoms with Gasteiger partial charge in [-0.15, -0.1) is 0 Å². The average Bonchev–Trinajstić information content (AvgIpc) is 2.82. The molecule has 1 heterocycles. The first-order valence-electron chi connectivity index (χ1n) is 6.13. The molecule has 3 nitrogen and oxygen atoms in total. The molecule has 1 aliphatic rings. The van der Waals surface area contributed by atoms with Crippen LogP contribution in [0.5, 0.6) is 5.75 Å². The molecule has 3 heteroatoms. The molecular weight excluding hydrogens is 212 g/mol. The Morgan fingerprint density at radius 2 is 2.41 bits per heavy atom. The molecule has 17 heavy (non-hydrogen) atoms. The zero-order valence-electron chi connectivity index (χ0n) is 10.3. The Labute approximate surface area is 103 Å². The first-order valence-corrected chi connectivity index (χ1v) is 6.13. The minimum Gasteiger partial charge on any atom is -0.493 e. The van der Waals surface area contributed by atoms with Crippen LogP contribution >= 0.6 is 0 Å². The first kappa shape index (κ1) is 12.1. The first-order chi connectivity index (χ1) is 8.24. The van der Waals surface area contributed by atoms with Crippen LogP contribution in [0.25, 0.3) is 0 Å². The van der Waals surface area contributed by atoms with E-state index in [-0.39, 0.29) is 6.04 Å². The monoisotopic (exact) mass is 232 g/mol. The maximum Gasteiger partial charge on any atom is 0.122 e. The normalized spacial score (nSPS) is 15.2. The standard InChI is InChI=1S/C14H20N2O/c1-3-10(2)8-13(16-15)11-4-5-14-12(9-11)6-7-17-14/h4-5,9,13,16H,2-3,6-8,15H2,1H3. The summed E-state index contributed by atoms with van der Waals surface area (Å²) in [6, 6.07) is 6.46. The number of ether oxygens (including phenoxy) is 1. The second-order valence-corrected chi connectivity index (χ2v) is 4.49. The number of nitrogens with one attached hydrogen (secondary N) is 1. The number of hydrogen-bond donors (Lipinski definition) is 2. The Morgan fingerprint density at radius 3 is 3.12 bits per heavy atom. The van der Waals surface area contributed by atoms with Crippen LogP contribution in [0.2, 0.25) is 0 Å². The smallest absolute Gasteiger partial charge is 0.122 e. The molecule has 0 bridgehead atoms. The van der Waals surface area contributed by atoms with Crippen molar-refractivity contribution < 1.29 is 4.74 Å². The highest BCUT2D eigenvalue weighted by atomic mass is 16.5. The molecule has 0 saturated heterocycles. The van der Waals surface area contributed by atoms with Gasteiger partial charge in [0.15, 0.2) is 0 Å². The van der Waals surface area contributed by atoms with Crippen LogP contribution in [-0.4, -0.2) is 6.61 Å². The largest absolute Gasteiger partial charge is 0.493 e. The van der Waals surface area contributed by atoms with Crippen molar-refractivity contribution in [1.82, 2.24) is 5.43 Å². The van der Waals surface area contributed by atoms with E-state index in [0.717, 1.165) is 31.6 Å². The van der Waals surface area contributed by atoms with Crippen LogP contribution in [0.4, 0.5) is 0 Å². The second-order valence-electron chi connectivity index (χ2n) is 4.49. The lowest BCUT2D eigenvalue weighted by atomic mass is 9.97. The average molecular weight is 232 g/mol. The molecule has 0 fully saturated rings. The predicted octanol–water partition coefficient (Wildman–Crippen LogP) is 2.48. The van der Waals surface area contributed by atoms with E-state index in [0.29, 0.717) is 0 Å². The number of hydrazine groups is 1. The zero-order valence-corrected chi connectivity index (χ0v) is 10.3. The zero-order chi connectivity index (χ0) is 12.3. The topological polar surface area (TPSA) is 47.3 Å². The fraction of sp³-hybridized carbons (Fsp3) is 0.429. The molecule has 0 saturated carbocycles. The van der Waals surface area contributed by atoms with Gasteiger partial charge in [0.1, 0.15) is 5.75 Å². The number of fused-ring (bicyclic) bond motifs is 1. The van der Waals surface area contributed by atoms with Crippen molar-refractivity contribution in [3.63, 3.8) is 0 Å². The maximum absolute atomic E-state index is 5.63. The lowest BCUT2D eigenvalue weighted by Crippen LogP contribution is -2.28. The van der Waals surface area contributed by atoms with E-state index in [1.165, 1.54) is 16.7 Å². The molecule has 0 radical (unpaired) electrons. The van der Waals surface area contributed by atoms with E-state index in [1.54, 1.807) is 0 Å². The molecule has 92 valence electrons. The van der Waals surface area contributed by atoms with E-state index in [2.05, 4.69) is 31.1 Å². The number of nitrogens with two attached hydrogens (primary N) is 1. The van der Waals surface area contributed by atoms with Crippen molar-refractivity contribution in [2.45, 2.75) is 32.2 Å². The third kappa shape index (κ3) is 2.68. The van der Waals surface area contributed by atoms with Gasteiger partial charge in [-0.1, -0.05) is 31.2 Å². The summed E-state index contributed by atoms with van der Waals surface area (Å²) in [5, 5.41) is 0. The summed E-state index contributed by atoms with van der Waals surface area (Å²) in [5.74, 6) is 6.64. The summed E-state index contributed by atoms with van der Waals surface area (Å²) in [5.41, 5.74) is 6.58. The Balaban J connectivity index is 2.16. The summed E-state index contributed by atoms with van der Waals surface area (Å²) in [7, 11) is 0. The Bertz CT molecular complexity index is 415. The molecule has 2 rings (SSSR count). The third-order valence-corrected chi connectivity index (χ3v) is 3.31. The van der Waals surface area contributed by atoms with Gasteiger partial charge in [0.05, 0.1) is 6.61 Å². The van der Waals surface area contributed by atoms with Crippen LogP contribution in [0, 0.1) is 0 Å². The molecule has 1 aliphatic heterocycles. The van der Waals surface area contributed by atoms with Gasteiger partial charge >= 0.3 is 0 Å². The quantitative estimate of drug-likeness (QED) is 0.466. The summed E-state index contributed by atoms with van der Waals surface area (Å²) in [6.45, 7) is 6.95. The van der Waals surface area contributed by atoms with Gasteiger partial charge in [-0.3, -0.25) is 11.3 Å². The molecule has 1 unspecified atom stereocenters.